The molecular weight excluding hydrogens is 407 g/mol. The molecule has 6 nitrogen and oxygen atoms in total. The fourth-order valence-electron chi connectivity index (χ4n) is 4.59. The van der Waals surface area contributed by atoms with Gasteiger partial charge in [0.1, 0.15) is 17.9 Å². The van der Waals surface area contributed by atoms with Gasteiger partial charge in [0, 0.05) is 18.2 Å². The van der Waals surface area contributed by atoms with Crippen molar-refractivity contribution < 1.29 is 14.3 Å². The molecule has 1 aliphatic rings. The number of aromatic nitrogens is 2. The van der Waals surface area contributed by atoms with E-state index in [4.69, 9.17) is 5.73 Å². The van der Waals surface area contributed by atoms with E-state index in [0.29, 0.717) is 22.8 Å². The highest BCUT2D eigenvalue weighted by molar-refractivity contribution is 5.81. The third kappa shape index (κ3) is 3.93. The van der Waals surface area contributed by atoms with Gasteiger partial charge < -0.3 is 10.8 Å². The summed E-state index contributed by atoms with van der Waals surface area (Å²) in [6.45, 7) is 5.66. The highest BCUT2D eigenvalue weighted by Gasteiger charge is 2.43. The first-order valence-corrected chi connectivity index (χ1v) is 11.0. The number of anilines is 1. The number of hydrogen-bond donors (Lipinski definition) is 2. The summed E-state index contributed by atoms with van der Waals surface area (Å²) in [5, 5.41) is 11.2. The number of nitrogen functional groups attached to an aromatic ring is 1. The van der Waals surface area contributed by atoms with Crippen LogP contribution in [0.5, 0.6) is 0 Å². The number of rotatable bonds is 7. The van der Waals surface area contributed by atoms with Crippen LogP contribution in [0.3, 0.4) is 0 Å². The Morgan fingerprint density at radius 1 is 1.31 bits per heavy atom. The van der Waals surface area contributed by atoms with Gasteiger partial charge in [-0.15, -0.1) is 0 Å². The molecule has 1 fully saturated rings. The van der Waals surface area contributed by atoms with Crippen LogP contribution in [0, 0.1) is 10.7 Å². The number of imidazole rings is 1. The molecule has 0 aliphatic heterocycles. The van der Waals surface area contributed by atoms with Crippen molar-refractivity contribution >= 4 is 28.7 Å². The van der Waals surface area contributed by atoms with E-state index in [2.05, 4.69) is 11.9 Å². The van der Waals surface area contributed by atoms with Crippen molar-refractivity contribution in [1.29, 1.82) is 0 Å². The van der Waals surface area contributed by atoms with Crippen LogP contribution in [-0.4, -0.2) is 26.0 Å². The highest BCUT2D eigenvalue weighted by atomic mass is 19.1. The summed E-state index contributed by atoms with van der Waals surface area (Å²) in [7, 11) is 0. The van der Waals surface area contributed by atoms with Crippen molar-refractivity contribution in [3.63, 3.8) is 0 Å². The normalized spacial score (nSPS) is 17.4. The van der Waals surface area contributed by atoms with Gasteiger partial charge in [0.2, 0.25) is 0 Å². The first-order chi connectivity index (χ1) is 15.1. The van der Waals surface area contributed by atoms with Gasteiger partial charge in [-0.05, 0) is 80.2 Å². The number of aliphatic hydroxyl groups is 1. The molecule has 2 aromatic carbocycles. The van der Waals surface area contributed by atoms with Crippen molar-refractivity contribution in [1.82, 2.24) is 9.55 Å². The van der Waals surface area contributed by atoms with E-state index in [1.54, 1.807) is 31.2 Å². The molecule has 0 spiro atoms. The van der Waals surface area contributed by atoms with Crippen LogP contribution in [0.25, 0.3) is 17.1 Å². The Kier molecular flexibility index (Phi) is 5.63. The molecule has 4 rings (SSSR count). The number of benzene rings is 2. The number of nitrogens with zero attached hydrogens (tertiary/aromatic N) is 3. The van der Waals surface area contributed by atoms with Crippen molar-refractivity contribution in [2.75, 3.05) is 12.3 Å². The molecule has 0 bridgehead atoms. The van der Waals surface area contributed by atoms with Crippen LogP contribution in [0.15, 0.2) is 42.5 Å². The topological polar surface area (TPSA) is 84.2 Å². The van der Waals surface area contributed by atoms with Crippen LogP contribution in [0.2, 0.25) is 0 Å². The molecule has 32 heavy (non-hydrogen) atoms. The molecule has 1 aromatic heterocycles. The van der Waals surface area contributed by atoms with Gasteiger partial charge >= 0.3 is 5.95 Å². The third-order valence-corrected chi connectivity index (χ3v) is 6.60. The standard InChI is InChI=1S/C25H30FN4O2/c1-4-6-17-15-18(26)7-9-20(17)25(3,31)13-14-29(32)23-28-21-10-8-19(27)16-22(21)30(23)24(2)11-5-12-24/h4,6-10,15-16,31H,5,11-14,27H2,1-3H3/q+1/b6-4+. The molecule has 1 atom stereocenters. The summed E-state index contributed by atoms with van der Waals surface area (Å²) < 4.78 is 16.6. The van der Waals surface area contributed by atoms with E-state index in [0.717, 1.165) is 35.1 Å². The van der Waals surface area contributed by atoms with E-state index in [-0.39, 0.29) is 24.3 Å². The van der Waals surface area contributed by atoms with Crippen LogP contribution in [-0.2, 0) is 11.1 Å². The van der Waals surface area contributed by atoms with Crippen LogP contribution in [0.1, 0.15) is 57.6 Å². The summed E-state index contributed by atoms with van der Waals surface area (Å²) in [4.78, 5) is 17.9. The second-order valence-electron chi connectivity index (χ2n) is 9.20. The quantitative estimate of drug-likeness (QED) is 0.383. The minimum atomic E-state index is -1.31. The fraction of sp³-hybridized carbons (Fsp3) is 0.400. The van der Waals surface area contributed by atoms with Crippen molar-refractivity contribution in [2.24, 2.45) is 0 Å². The molecule has 1 saturated carbocycles. The lowest BCUT2D eigenvalue weighted by atomic mass is 9.78. The van der Waals surface area contributed by atoms with Gasteiger partial charge in [0.15, 0.2) is 5.52 Å². The zero-order valence-corrected chi connectivity index (χ0v) is 18.8. The largest absolute Gasteiger partial charge is 0.436 e. The smallest absolute Gasteiger partial charge is 0.399 e. The fourth-order valence-corrected chi connectivity index (χ4v) is 4.59. The van der Waals surface area contributed by atoms with Gasteiger partial charge in [0.05, 0.1) is 11.1 Å². The number of hydrogen-bond acceptors (Lipinski definition) is 4. The second kappa shape index (κ2) is 8.13. The molecule has 1 unspecified atom stereocenters. The molecule has 0 radical (unpaired) electrons. The maximum atomic E-state index is 13.7. The highest BCUT2D eigenvalue weighted by Crippen LogP contribution is 2.43. The number of fused-ring (bicyclic) bond motifs is 1. The molecule has 0 amide bonds. The first kappa shape index (κ1) is 22.1. The third-order valence-electron chi connectivity index (χ3n) is 6.60. The van der Waals surface area contributed by atoms with Crippen LogP contribution in [0.4, 0.5) is 16.0 Å². The minimum Gasteiger partial charge on any atom is -0.399 e. The summed E-state index contributed by atoms with van der Waals surface area (Å²) in [6, 6.07) is 9.77. The Morgan fingerprint density at radius 2 is 2.06 bits per heavy atom. The Hall–Kier alpha value is -3.06. The lowest BCUT2D eigenvalue weighted by molar-refractivity contribution is -0.478. The first-order valence-electron chi connectivity index (χ1n) is 11.0. The number of nitrogens with two attached hydrogens (primary N) is 1. The lowest BCUT2D eigenvalue weighted by Gasteiger charge is -2.36. The number of nitroso groups, excluding NO2 is 1. The molecule has 1 aliphatic carbocycles. The Balaban J connectivity index is 1.65. The monoisotopic (exact) mass is 437 g/mol. The number of allylic oxidation sites excluding steroid dienone is 1. The second-order valence-corrected chi connectivity index (χ2v) is 9.20. The molecular formula is C25H30FN4O2+. The van der Waals surface area contributed by atoms with Crippen molar-refractivity contribution in [3.8, 4) is 0 Å². The van der Waals surface area contributed by atoms with E-state index in [1.165, 1.54) is 12.1 Å². The van der Waals surface area contributed by atoms with E-state index in [9.17, 15) is 14.4 Å². The van der Waals surface area contributed by atoms with Crippen LogP contribution >= 0.6 is 0 Å². The Bertz CT molecular complexity index is 1210. The summed E-state index contributed by atoms with van der Waals surface area (Å²) in [5.74, 6) is -0.0405. The van der Waals surface area contributed by atoms with Gasteiger partial charge in [0.25, 0.3) is 0 Å². The van der Waals surface area contributed by atoms with Gasteiger partial charge in [-0.1, -0.05) is 28.1 Å². The van der Waals surface area contributed by atoms with E-state index >= 15 is 0 Å². The van der Waals surface area contributed by atoms with Gasteiger partial charge in [-0.25, -0.2) is 8.96 Å². The lowest BCUT2D eigenvalue weighted by Crippen LogP contribution is -2.38. The predicted molar refractivity (Wildman–Crippen MR) is 125 cm³/mol. The maximum absolute atomic E-state index is 13.7. The zero-order valence-electron chi connectivity index (χ0n) is 18.8. The van der Waals surface area contributed by atoms with Gasteiger partial charge in [-0.2, -0.15) is 0 Å². The summed E-state index contributed by atoms with van der Waals surface area (Å²) in [5.41, 5.74) is 7.90. The zero-order chi connectivity index (χ0) is 23.1. The molecule has 7 heteroatoms. The minimum absolute atomic E-state index is 0.0362. The molecule has 0 saturated heterocycles. The summed E-state index contributed by atoms with van der Waals surface area (Å²) >= 11 is 0. The molecule has 3 N–H and O–H groups in total. The van der Waals surface area contributed by atoms with E-state index in [1.807, 2.05) is 23.6 Å². The molecule has 168 valence electrons. The Morgan fingerprint density at radius 3 is 2.72 bits per heavy atom. The van der Waals surface area contributed by atoms with Gasteiger partial charge in [-0.3, -0.25) is 0 Å². The SMILES string of the molecule is C/C=C/c1cc(F)ccc1C(C)(O)CC[N+](=O)c1nc2ccc(N)cc2n1C1(C)CCC1. The average molecular weight is 438 g/mol. The predicted octanol–water partition coefficient (Wildman–Crippen LogP) is 5.40. The maximum Gasteiger partial charge on any atom is 0.436 e. The molecule has 3 aromatic rings. The summed E-state index contributed by atoms with van der Waals surface area (Å²) in [6.07, 6.45) is 6.74. The average Bonchev–Trinajstić information content (AvgIpc) is 3.09. The number of halogens is 1. The Labute approximate surface area is 187 Å². The van der Waals surface area contributed by atoms with Crippen LogP contribution < -0.4 is 5.73 Å². The van der Waals surface area contributed by atoms with E-state index < -0.39 is 5.60 Å². The molecule has 1 heterocycles. The van der Waals surface area contributed by atoms with Crippen molar-refractivity contribution in [3.05, 3.63) is 64.3 Å². The van der Waals surface area contributed by atoms with Crippen molar-refractivity contribution in [2.45, 2.75) is 57.6 Å².